The molecular weight excluding hydrogens is 328 g/mol. The molecule has 2 heterocycles. The standard InChI is InChI=1S/C25H42N2/c1-22(2)16-12-17-23(3,4)26(22)21(20-14-10-9-11-15-20)27-24(5,6)18-13-19-25(27,7)8/h9-11,14-15,21H,12-13,16-19H2,1-8H3. The van der Waals surface area contributed by atoms with E-state index in [4.69, 9.17) is 0 Å². The van der Waals surface area contributed by atoms with Crippen LogP contribution in [0.1, 0.15) is 106 Å². The van der Waals surface area contributed by atoms with Crippen LogP contribution in [0.2, 0.25) is 0 Å². The van der Waals surface area contributed by atoms with Gasteiger partial charge in [0, 0.05) is 22.2 Å². The molecule has 0 aromatic heterocycles. The Kier molecular flexibility index (Phi) is 5.32. The van der Waals surface area contributed by atoms with Gasteiger partial charge in [0.2, 0.25) is 0 Å². The summed E-state index contributed by atoms with van der Waals surface area (Å²) in [5, 5.41) is 0. The van der Waals surface area contributed by atoms with Gasteiger partial charge in [0.25, 0.3) is 0 Å². The van der Waals surface area contributed by atoms with Crippen LogP contribution in [-0.4, -0.2) is 32.0 Å². The summed E-state index contributed by atoms with van der Waals surface area (Å²) in [6.07, 6.45) is 8.04. The first-order valence-corrected chi connectivity index (χ1v) is 11.0. The van der Waals surface area contributed by atoms with Gasteiger partial charge in [-0.3, -0.25) is 9.80 Å². The lowest BCUT2D eigenvalue weighted by molar-refractivity contribution is -0.181. The Balaban J connectivity index is 2.20. The van der Waals surface area contributed by atoms with Gasteiger partial charge in [-0.15, -0.1) is 0 Å². The van der Waals surface area contributed by atoms with Crippen molar-refractivity contribution in [3.8, 4) is 0 Å². The van der Waals surface area contributed by atoms with Crippen molar-refractivity contribution in [2.75, 3.05) is 0 Å². The van der Waals surface area contributed by atoms with Gasteiger partial charge in [0.1, 0.15) is 0 Å². The van der Waals surface area contributed by atoms with Gasteiger partial charge in [-0.25, -0.2) is 0 Å². The maximum atomic E-state index is 2.87. The van der Waals surface area contributed by atoms with Gasteiger partial charge in [0.05, 0.1) is 6.17 Å². The van der Waals surface area contributed by atoms with E-state index in [0.29, 0.717) is 6.17 Å². The van der Waals surface area contributed by atoms with Gasteiger partial charge in [-0.1, -0.05) is 30.3 Å². The van der Waals surface area contributed by atoms with Crippen molar-refractivity contribution in [3.63, 3.8) is 0 Å². The largest absolute Gasteiger partial charge is 0.274 e. The number of rotatable bonds is 3. The van der Waals surface area contributed by atoms with E-state index in [1.165, 1.54) is 44.1 Å². The lowest BCUT2D eigenvalue weighted by Crippen LogP contribution is -2.69. The molecule has 0 unspecified atom stereocenters. The minimum absolute atomic E-state index is 0.186. The molecule has 0 aliphatic carbocycles. The van der Waals surface area contributed by atoms with Crippen molar-refractivity contribution in [3.05, 3.63) is 35.9 Å². The summed E-state index contributed by atoms with van der Waals surface area (Å²) < 4.78 is 0. The molecule has 27 heavy (non-hydrogen) atoms. The van der Waals surface area contributed by atoms with Crippen LogP contribution >= 0.6 is 0 Å². The van der Waals surface area contributed by atoms with Crippen LogP contribution in [0.3, 0.4) is 0 Å². The quantitative estimate of drug-likeness (QED) is 0.579. The average Bonchev–Trinajstić information content (AvgIpc) is 2.51. The monoisotopic (exact) mass is 370 g/mol. The summed E-state index contributed by atoms with van der Waals surface area (Å²) in [5.74, 6) is 0. The molecule has 152 valence electrons. The number of hydrogen-bond donors (Lipinski definition) is 0. The molecule has 0 N–H and O–H groups in total. The summed E-state index contributed by atoms with van der Waals surface area (Å²) in [6.45, 7) is 19.7. The van der Waals surface area contributed by atoms with E-state index in [9.17, 15) is 0 Å². The molecule has 2 saturated heterocycles. The summed E-state index contributed by atoms with van der Waals surface area (Å²) in [6, 6.07) is 11.3. The third-order valence-corrected chi connectivity index (χ3v) is 7.35. The van der Waals surface area contributed by atoms with E-state index in [1.807, 2.05) is 0 Å². The number of hydrogen-bond acceptors (Lipinski definition) is 2. The SMILES string of the molecule is CC1(C)CCCC(C)(C)N1C(c1ccccc1)N1C(C)(C)CCCC1(C)C. The van der Waals surface area contributed by atoms with Crippen LogP contribution in [-0.2, 0) is 0 Å². The number of nitrogens with zero attached hydrogens (tertiary/aromatic N) is 2. The summed E-state index contributed by atoms with van der Waals surface area (Å²) >= 11 is 0. The van der Waals surface area contributed by atoms with Crippen molar-refractivity contribution in [2.45, 2.75) is 122 Å². The predicted molar refractivity (Wildman–Crippen MR) is 117 cm³/mol. The van der Waals surface area contributed by atoms with E-state index in [2.05, 4.69) is 95.5 Å². The third kappa shape index (κ3) is 3.85. The molecule has 2 aliphatic rings. The second kappa shape index (κ2) is 6.88. The highest BCUT2D eigenvalue weighted by Gasteiger charge is 2.53. The lowest BCUT2D eigenvalue weighted by atomic mass is 9.75. The molecular formula is C25H42N2. The molecule has 0 atom stereocenters. The Hall–Kier alpha value is -0.860. The maximum Gasteiger partial charge on any atom is 0.0903 e. The molecule has 1 aromatic rings. The van der Waals surface area contributed by atoms with Gasteiger partial charge in [-0.05, 0) is 99.5 Å². The van der Waals surface area contributed by atoms with Gasteiger partial charge in [-0.2, -0.15) is 0 Å². The third-order valence-electron chi connectivity index (χ3n) is 7.35. The maximum absolute atomic E-state index is 2.87. The molecule has 3 rings (SSSR count). The normalized spacial score (nSPS) is 27.6. The Labute approximate surface area is 168 Å². The van der Waals surface area contributed by atoms with E-state index in [1.54, 1.807) is 0 Å². The highest BCUT2D eigenvalue weighted by atomic mass is 15.5. The van der Waals surface area contributed by atoms with Crippen molar-refractivity contribution in [1.82, 2.24) is 9.80 Å². The topological polar surface area (TPSA) is 6.48 Å². The molecule has 2 aliphatic heterocycles. The second-order valence-corrected chi connectivity index (χ2v) is 11.5. The second-order valence-electron chi connectivity index (χ2n) is 11.5. The Bertz CT molecular complexity index is 572. The molecule has 0 amide bonds. The van der Waals surface area contributed by atoms with Crippen LogP contribution in [0, 0.1) is 0 Å². The molecule has 0 spiro atoms. The molecule has 2 fully saturated rings. The number of benzene rings is 1. The van der Waals surface area contributed by atoms with E-state index >= 15 is 0 Å². The van der Waals surface area contributed by atoms with Crippen molar-refractivity contribution < 1.29 is 0 Å². The molecule has 0 bridgehead atoms. The van der Waals surface area contributed by atoms with Crippen molar-refractivity contribution >= 4 is 0 Å². The van der Waals surface area contributed by atoms with Gasteiger partial charge < -0.3 is 0 Å². The van der Waals surface area contributed by atoms with E-state index in [-0.39, 0.29) is 22.2 Å². The Morgan fingerprint density at radius 3 is 1.26 bits per heavy atom. The van der Waals surface area contributed by atoms with Crippen LogP contribution in [0.25, 0.3) is 0 Å². The fraction of sp³-hybridized carbons (Fsp3) is 0.760. The summed E-state index contributed by atoms with van der Waals surface area (Å²) in [7, 11) is 0. The lowest BCUT2D eigenvalue weighted by Gasteiger charge is -2.64. The zero-order valence-electron chi connectivity index (χ0n) is 19.1. The fourth-order valence-electron chi connectivity index (χ4n) is 6.39. The van der Waals surface area contributed by atoms with Crippen LogP contribution in [0.4, 0.5) is 0 Å². The molecule has 0 saturated carbocycles. The fourth-order valence-corrected chi connectivity index (χ4v) is 6.39. The van der Waals surface area contributed by atoms with Crippen molar-refractivity contribution in [1.29, 1.82) is 0 Å². The number of likely N-dealkylation sites (tertiary alicyclic amines) is 2. The van der Waals surface area contributed by atoms with E-state index in [0.717, 1.165) is 0 Å². The smallest absolute Gasteiger partial charge is 0.0903 e. The molecule has 2 heteroatoms. The minimum atomic E-state index is 0.186. The zero-order valence-corrected chi connectivity index (χ0v) is 19.1. The highest BCUT2D eigenvalue weighted by molar-refractivity contribution is 5.23. The van der Waals surface area contributed by atoms with Gasteiger partial charge in [0.15, 0.2) is 0 Å². The van der Waals surface area contributed by atoms with Crippen LogP contribution in [0.5, 0.6) is 0 Å². The molecule has 0 radical (unpaired) electrons. The Morgan fingerprint density at radius 1 is 0.593 bits per heavy atom. The predicted octanol–water partition coefficient (Wildman–Crippen LogP) is 6.77. The first kappa shape index (κ1) is 20.9. The highest BCUT2D eigenvalue weighted by Crippen LogP contribution is 2.51. The molecule has 1 aromatic carbocycles. The van der Waals surface area contributed by atoms with Crippen molar-refractivity contribution in [2.24, 2.45) is 0 Å². The van der Waals surface area contributed by atoms with Crippen LogP contribution < -0.4 is 0 Å². The minimum Gasteiger partial charge on any atom is -0.274 e. The Morgan fingerprint density at radius 2 is 0.926 bits per heavy atom. The van der Waals surface area contributed by atoms with E-state index < -0.39 is 0 Å². The number of piperidine rings is 2. The first-order chi connectivity index (χ1) is 12.4. The zero-order chi connectivity index (χ0) is 20.1. The average molecular weight is 371 g/mol. The van der Waals surface area contributed by atoms with Crippen LogP contribution in [0.15, 0.2) is 30.3 Å². The van der Waals surface area contributed by atoms with Gasteiger partial charge >= 0.3 is 0 Å². The first-order valence-electron chi connectivity index (χ1n) is 11.0. The summed E-state index contributed by atoms with van der Waals surface area (Å²) in [4.78, 5) is 5.74. The molecule has 2 nitrogen and oxygen atoms in total. The summed E-state index contributed by atoms with van der Waals surface area (Å²) in [5.41, 5.74) is 2.19.